The third-order valence-electron chi connectivity index (χ3n) is 7.03. The molecule has 1 amide bonds. The van der Waals surface area contributed by atoms with E-state index < -0.39 is 24.0 Å². The summed E-state index contributed by atoms with van der Waals surface area (Å²) in [4.78, 5) is 39.2. The van der Waals surface area contributed by atoms with Crippen molar-refractivity contribution in [3.8, 4) is 0 Å². The number of Topliss-reactive ketones (excluding diaryl/α,β-unsaturated/α-hetero) is 1. The molecule has 1 aromatic heterocycles. The molecule has 8 nitrogen and oxygen atoms in total. The Bertz CT molecular complexity index is 1300. The van der Waals surface area contributed by atoms with Gasteiger partial charge in [0.25, 0.3) is 5.91 Å². The third-order valence-corrected chi connectivity index (χ3v) is 7.51. The zero-order valence-electron chi connectivity index (χ0n) is 20.6. The number of aromatic nitrogens is 1. The van der Waals surface area contributed by atoms with Crippen molar-refractivity contribution in [1.82, 2.24) is 20.3 Å². The Morgan fingerprint density at radius 3 is 2.47 bits per heavy atom. The first-order valence-electron chi connectivity index (χ1n) is 12.5. The number of ketones is 1. The van der Waals surface area contributed by atoms with Crippen molar-refractivity contribution in [2.45, 2.75) is 18.1 Å². The smallest absolute Gasteiger partial charge is 0.279 e. The second-order valence-corrected chi connectivity index (χ2v) is 10.3. The molecule has 2 N–H and O–H groups in total. The van der Waals surface area contributed by atoms with Crippen LogP contribution < -0.4 is 5.32 Å². The van der Waals surface area contributed by atoms with Gasteiger partial charge in [-0.25, -0.2) is 5.06 Å². The largest absolute Gasteiger partial charge is 0.384 e. The molecule has 1 unspecified atom stereocenters. The lowest BCUT2D eigenvalue weighted by molar-refractivity contribution is -0.180. The van der Waals surface area contributed by atoms with Gasteiger partial charge in [-0.05, 0) is 41.5 Å². The van der Waals surface area contributed by atoms with Crippen LogP contribution in [-0.2, 0) is 21.6 Å². The minimum absolute atomic E-state index is 0.217. The maximum Gasteiger partial charge on any atom is 0.279 e. The Hall–Kier alpha value is -2.85. The van der Waals surface area contributed by atoms with Crippen molar-refractivity contribution in [2.75, 3.05) is 39.3 Å². The number of carbonyl (C=O) groups is 2. The second kappa shape index (κ2) is 11.5. The summed E-state index contributed by atoms with van der Waals surface area (Å²) in [5.41, 5.74) is 1.46. The van der Waals surface area contributed by atoms with Crippen LogP contribution in [-0.4, -0.2) is 77.2 Å². The molecule has 2 atom stereocenters. The number of β-amino-alcohol motifs (C(OH)–C–C–N with tert-alkyl or cyclic N) is 1. The lowest BCUT2D eigenvalue weighted by Crippen LogP contribution is -2.50. The number of carbonyl (C=O) groups excluding carboxylic acids is 2. The van der Waals surface area contributed by atoms with E-state index in [2.05, 4.69) is 10.3 Å². The molecule has 1 fully saturated rings. The summed E-state index contributed by atoms with van der Waals surface area (Å²) in [5.74, 6) is -0.879. The van der Waals surface area contributed by atoms with Gasteiger partial charge in [-0.15, -0.1) is 0 Å². The fourth-order valence-electron chi connectivity index (χ4n) is 5.10. The van der Waals surface area contributed by atoms with Crippen molar-refractivity contribution in [1.29, 1.82) is 0 Å². The van der Waals surface area contributed by atoms with Gasteiger partial charge in [-0.1, -0.05) is 53.5 Å². The van der Waals surface area contributed by atoms with Gasteiger partial charge in [-0.2, -0.15) is 0 Å². The molecule has 3 heterocycles. The summed E-state index contributed by atoms with van der Waals surface area (Å²) in [6.07, 6.45) is 0.582. The molecular weight excluding hydrogens is 527 g/mol. The number of rotatable bonds is 9. The summed E-state index contributed by atoms with van der Waals surface area (Å²) >= 11 is 12.3. The van der Waals surface area contributed by atoms with E-state index in [4.69, 9.17) is 28.0 Å². The SMILES string of the molecule is O=C(CON1C(=O)c2ccccc2[C@@]1(Cc1ccc(Cl)cn1)c1ccc(Cl)cc1)C(O)CN1CCNCC1. The van der Waals surface area contributed by atoms with Crippen LogP contribution in [0.2, 0.25) is 10.0 Å². The van der Waals surface area contributed by atoms with Gasteiger partial charge in [0.2, 0.25) is 0 Å². The van der Waals surface area contributed by atoms with Crippen LogP contribution in [0.1, 0.15) is 27.2 Å². The van der Waals surface area contributed by atoms with Crippen LogP contribution in [0.25, 0.3) is 0 Å². The van der Waals surface area contributed by atoms with Crippen molar-refractivity contribution in [3.63, 3.8) is 0 Å². The molecule has 2 aliphatic heterocycles. The standard InChI is InChI=1S/C28H28Cl2N4O4/c29-20-7-5-19(6-8-20)28(15-22-10-9-21(30)16-32-22)24-4-2-1-3-23(24)27(37)34(28)38-18-26(36)25(35)17-33-13-11-31-12-14-33/h1-10,16,25,31,35H,11-15,17-18H2/t25?,28-/m1/s1. The summed E-state index contributed by atoms with van der Waals surface area (Å²) in [6, 6.07) is 18.0. The first-order valence-corrected chi connectivity index (χ1v) is 13.2. The van der Waals surface area contributed by atoms with Crippen molar-refractivity contribution in [3.05, 3.63) is 99.3 Å². The molecule has 2 aromatic carbocycles. The van der Waals surface area contributed by atoms with Gasteiger partial charge >= 0.3 is 0 Å². The molecule has 3 aromatic rings. The van der Waals surface area contributed by atoms with E-state index in [1.807, 2.05) is 29.2 Å². The van der Waals surface area contributed by atoms with Gasteiger partial charge in [0.1, 0.15) is 18.2 Å². The second-order valence-electron chi connectivity index (χ2n) is 9.46. The van der Waals surface area contributed by atoms with E-state index in [0.717, 1.165) is 37.3 Å². The number of halogens is 2. The highest BCUT2D eigenvalue weighted by molar-refractivity contribution is 6.30. The maximum atomic E-state index is 13.7. The van der Waals surface area contributed by atoms with Crippen LogP contribution >= 0.6 is 23.2 Å². The number of hydroxylamine groups is 2. The fourth-order valence-corrected chi connectivity index (χ4v) is 5.33. The minimum Gasteiger partial charge on any atom is -0.384 e. The van der Waals surface area contributed by atoms with Gasteiger partial charge in [0.05, 0.1) is 5.02 Å². The number of fused-ring (bicyclic) bond motifs is 1. The van der Waals surface area contributed by atoms with Crippen molar-refractivity contribution < 1.29 is 19.5 Å². The molecule has 2 aliphatic rings. The van der Waals surface area contributed by atoms with E-state index in [9.17, 15) is 14.7 Å². The Morgan fingerprint density at radius 1 is 1.05 bits per heavy atom. The topological polar surface area (TPSA) is 95.0 Å². The third kappa shape index (κ3) is 5.33. The molecule has 0 aliphatic carbocycles. The first kappa shape index (κ1) is 26.7. The number of hydrogen-bond donors (Lipinski definition) is 2. The summed E-state index contributed by atoms with van der Waals surface area (Å²) in [6.45, 7) is 2.86. The van der Waals surface area contributed by atoms with Gasteiger partial charge < -0.3 is 10.4 Å². The lowest BCUT2D eigenvalue weighted by atomic mass is 9.79. The van der Waals surface area contributed by atoms with E-state index in [1.54, 1.807) is 42.6 Å². The zero-order valence-corrected chi connectivity index (χ0v) is 22.2. The predicted octanol–water partition coefficient (Wildman–Crippen LogP) is 3.10. The number of nitrogens with one attached hydrogen (secondary N) is 1. The van der Waals surface area contributed by atoms with Gasteiger partial charge in [-0.3, -0.25) is 24.3 Å². The van der Waals surface area contributed by atoms with Gasteiger partial charge in [0.15, 0.2) is 5.78 Å². The van der Waals surface area contributed by atoms with Crippen LogP contribution in [0.15, 0.2) is 66.9 Å². The molecule has 0 radical (unpaired) electrons. The van der Waals surface area contributed by atoms with Crippen molar-refractivity contribution in [2.24, 2.45) is 0 Å². The summed E-state index contributed by atoms with van der Waals surface area (Å²) in [7, 11) is 0. The number of piperazine rings is 1. The summed E-state index contributed by atoms with van der Waals surface area (Å²) < 4.78 is 0. The molecule has 0 bridgehead atoms. The summed E-state index contributed by atoms with van der Waals surface area (Å²) in [5, 5.41) is 16.1. The Kier molecular flexibility index (Phi) is 8.09. The predicted molar refractivity (Wildman–Crippen MR) is 144 cm³/mol. The molecular formula is C28H28Cl2N4O4. The fraction of sp³-hybridized carbons (Fsp3) is 0.321. The molecule has 198 valence electrons. The lowest BCUT2D eigenvalue weighted by Gasteiger charge is -2.38. The highest BCUT2D eigenvalue weighted by Gasteiger charge is 2.52. The number of amides is 1. The van der Waals surface area contributed by atoms with Crippen LogP contribution in [0, 0.1) is 0 Å². The monoisotopic (exact) mass is 554 g/mol. The first-order chi connectivity index (χ1) is 18.4. The maximum absolute atomic E-state index is 13.7. The van der Waals surface area contributed by atoms with Crippen LogP contribution in [0.4, 0.5) is 0 Å². The van der Waals surface area contributed by atoms with Crippen LogP contribution in [0.5, 0.6) is 0 Å². The quantitative estimate of drug-likeness (QED) is 0.419. The Morgan fingerprint density at radius 2 is 1.76 bits per heavy atom. The van der Waals surface area contributed by atoms with Gasteiger partial charge in [0, 0.05) is 61.6 Å². The van der Waals surface area contributed by atoms with E-state index in [-0.39, 0.29) is 18.9 Å². The molecule has 38 heavy (non-hydrogen) atoms. The average molecular weight is 555 g/mol. The van der Waals surface area contributed by atoms with E-state index in [0.29, 0.717) is 21.3 Å². The number of aliphatic hydroxyl groups excluding tert-OH is 1. The highest BCUT2D eigenvalue weighted by atomic mass is 35.5. The van der Waals surface area contributed by atoms with E-state index in [1.165, 1.54) is 5.06 Å². The number of aliphatic hydroxyl groups is 1. The molecule has 1 saturated heterocycles. The number of nitrogens with zero attached hydrogens (tertiary/aromatic N) is 3. The minimum atomic E-state index is -1.23. The number of benzene rings is 2. The van der Waals surface area contributed by atoms with Crippen molar-refractivity contribution >= 4 is 34.9 Å². The molecule has 10 heteroatoms. The molecule has 0 spiro atoms. The van der Waals surface area contributed by atoms with Crippen LogP contribution in [0.3, 0.4) is 0 Å². The Labute approximate surface area is 231 Å². The molecule has 0 saturated carbocycles. The highest BCUT2D eigenvalue weighted by Crippen LogP contribution is 2.46. The number of hydrogen-bond acceptors (Lipinski definition) is 7. The number of pyridine rings is 1. The van der Waals surface area contributed by atoms with E-state index >= 15 is 0 Å². The molecule has 5 rings (SSSR count). The zero-order chi connectivity index (χ0) is 26.7. The average Bonchev–Trinajstić information content (AvgIpc) is 3.17. The normalized spacial score (nSPS) is 20.4. The Balaban J connectivity index is 1.49.